The molecule has 1 aromatic heterocycles. The average molecular weight is 259 g/mol. The molecule has 0 aliphatic carbocycles. The highest BCUT2D eigenvalue weighted by Crippen LogP contribution is 2.27. The van der Waals surface area contributed by atoms with Crippen LogP contribution in [0.3, 0.4) is 0 Å². The molecule has 0 amide bonds. The molecule has 0 spiro atoms. The average Bonchev–Trinajstić information content (AvgIpc) is 2.46. The van der Waals surface area contributed by atoms with E-state index in [9.17, 15) is 8.42 Å². The molecule has 0 fully saturated rings. The Bertz CT molecular complexity index is 455. The summed E-state index contributed by atoms with van der Waals surface area (Å²) in [7, 11) is -3.52. The van der Waals surface area contributed by atoms with E-state index in [1.165, 1.54) is 12.3 Å². The molecule has 1 rings (SSSR count). The molecular weight excluding hydrogens is 238 g/mol. The number of hydrogen-bond donors (Lipinski definition) is 2. The zero-order chi connectivity index (χ0) is 13.3. The van der Waals surface area contributed by atoms with Crippen LogP contribution in [0.2, 0.25) is 0 Å². The van der Waals surface area contributed by atoms with Gasteiger partial charge in [-0.25, -0.2) is 13.1 Å². The number of hydrogen-bond acceptors (Lipinski definition) is 3. The van der Waals surface area contributed by atoms with Gasteiger partial charge in [0.1, 0.15) is 0 Å². The van der Waals surface area contributed by atoms with E-state index in [2.05, 4.69) is 35.7 Å². The maximum atomic E-state index is 12.0. The highest BCUT2D eigenvalue weighted by Gasteiger charge is 2.30. The van der Waals surface area contributed by atoms with Crippen molar-refractivity contribution in [2.24, 2.45) is 5.41 Å². The number of H-pyrrole nitrogens is 1. The van der Waals surface area contributed by atoms with Gasteiger partial charge in [-0.3, -0.25) is 5.10 Å². The van der Waals surface area contributed by atoms with E-state index in [4.69, 9.17) is 0 Å². The number of rotatable bonds is 4. The molecule has 1 aromatic rings. The Balaban J connectivity index is 2.84. The summed E-state index contributed by atoms with van der Waals surface area (Å²) in [5.74, 6) is 0. The molecule has 0 atom stereocenters. The molecule has 0 aliphatic rings. The quantitative estimate of drug-likeness (QED) is 0.867. The Hall–Kier alpha value is -0.880. The molecule has 1 heterocycles. The van der Waals surface area contributed by atoms with E-state index in [-0.39, 0.29) is 10.4 Å². The Morgan fingerprint density at radius 3 is 2.29 bits per heavy atom. The van der Waals surface area contributed by atoms with E-state index < -0.39 is 15.6 Å². The van der Waals surface area contributed by atoms with Gasteiger partial charge in [0.05, 0.1) is 6.20 Å². The van der Waals surface area contributed by atoms with Crippen LogP contribution in [0.1, 0.15) is 41.0 Å². The summed E-state index contributed by atoms with van der Waals surface area (Å²) >= 11 is 0. The van der Waals surface area contributed by atoms with Crippen LogP contribution in [0.25, 0.3) is 0 Å². The van der Waals surface area contributed by atoms with Gasteiger partial charge >= 0.3 is 0 Å². The third-order valence-electron chi connectivity index (χ3n) is 2.15. The second kappa shape index (κ2) is 4.42. The fourth-order valence-corrected chi connectivity index (χ4v) is 3.50. The van der Waals surface area contributed by atoms with Crippen LogP contribution in [0.15, 0.2) is 17.3 Å². The van der Waals surface area contributed by atoms with Crippen molar-refractivity contribution in [2.75, 3.05) is 0 Å². The summed E-state index contributed by atoms with van der Waals surface area (Å²) in [5, 5.41) is 6.21. The van der Waals surface area contributed by atoms with Gasteiger partial charge in [0.25, 0.3) is 10.0 Å². The highest BCUT2D eigenvalue weighted by atomic mass is 32.2. The van der Waals surface area contributed by atoms with Crippen molar-refractivity contribution in [2.45, 2.75) is 51.6 Å². The molecule has 0 aromatic carbocycles. The van der Waals surface area contributed by atoms with Crippen molar-refractivity contribution in [3.63, 3.8) is 0 Å². The van der Waals surface area contributed by atoms with Gasteiger partial charge in [0.2, 0.25) is 0 Å². The molecule has 0 unspecified atom stereocenters. The van der Waals surface area contributed by atoms with Gasteiger partial charge in [-0.1, -0.05) is 20.8 Å². The molecule has 2 N–H and O–H groups in total. The first-order valence-corrected chi connectivity index (χ1v) is 7.04. The molecule has 0 bridgehead atoms. The molecule has 98 valence electrons. The van der Waals surface area contributed by atoms with E-state index in [1.54, 1.807) is 0 Å². The third-order valence-corrected chi connectivity index (χ3v) is 3.78. The van der Waals surface area contributed by atoms with Gasteiger partial charge < -0.3 is 0 Å². The van der Waals surface area contributed by atoms with Gasteiger partial charge in [0.15, 0.2) is 5.03 Å². The second-order valence-corrected chi connectivity index (χ2v) is 7.80. The Labute approximate surface area is 103 Å². The van der Waals surface area contributed by atoms with E-state index in [0.717, 1.165) is 6.42 Å². The number of nitrogens with one attached hydrogen (secondary N) is 2. The zero-order valence-corrected chi connectivity index (χ0v) is 11.9. The summed E-state index contributed by atoms with van der Waals surface area (Å²) in [4.78, 5) is 0. The van der Waals surface area contributed by atoms with Crippen LogP contribution in [-0.2, 0) is 10.0 Å². The third kappa shape index (κ3) is 4.47. The van der Waals surface area contributed by atoms with Gasteiger partial charge in [-0.05, 0) is 31.7 Å². The standard InChI is InChI=1S/C11H21N3O2S/c1-10(2,3)8-11(4,5)14-17(15,16)9-6-7-12-13-9/h6-7,14H,8H2,1-5H3,(H,12,13). The molecule has 6 heteroatoms. The fraction of sp³-hybridized carbons (Fsp3) is 0.727. The molecule has 17 heavy (non-hydrogen) atoms. The van der Waals surface area contributed by atoms with Crippen LogP contribution in [-0.4, -0.2) is 24.2 Å². The van der Waals surface area contributed by atoms with Crippen LogP contribution >= 0.6 is 0 Å². The van der Waals surface area contributed by atoms with Crippen molar-refractivity contribution in [3.8, 4) is 0 Å². The summed E-state index contributed by atoms with van der Waals surface area (Å²) < 4.78 is 26.7. The summed E-state index contributed by atoms with van der Waals surface area (Å²) in [6.07, 6.45) is 2.17. The van der Waals surface area contributed by atoms with E-state index in [1.807, 2.05) is 13.8 Å². The first kappa shape index (κ1) is 14.2. The number of aromatic amines is 1. The lowest BCUT2D eigenvalue weighted by molar-refractivity contribution is 0.269. The maximum absolute atomic E-state index is 12.0. The topological polar surface area (TPSA) is 74.8 Å². The van der Waals surface area contributed by atoms with Crippen molar-refractivity contribution < 1.29 is 8.42 Å². The fourth-order valence-electron chi connectivity index (χ4n) is 2.17. The Morgan fingerprint density at radius 2 is 1.88 bits per heavy atom. The molecule has 0 radical (unpaired) electrons. The zero-order valence-electron chi connectivity index (χ0n) is 11.0. The molecule has 0 saturated carbocycles. The minimum atomic E-state index is -3.52. The monoisotopic (exact) mass is 259 g/mol. The van der Waals surface area contributed by atoms with Crippen molar-refractivity contribution >= 4 is 10.0 Å². The van der Waals surface area contributed by atoms with Crippen LogP contribution in [0.4, 0.5) is 0 Å². The predicted molar refractivity (Wildman–Crippen MR) is 67.1 cm³/mol. The van der Waals surface area contributed by atoms with Gasteiger partial charge in [0, 0.05) is 5.54 Å². The van der Waals surface area contributed by atoms with E-state index >= 15 is 0 Å². The Morgan fingerprint density at radius 1 is 1.29 bits per heavy atom. The van der Waals surface area contributed by atoms with Crippen molar-refractivity contribution in [1.29, 1.82) is 0 Å². The van der Waals surface area contributed by atoms with Crippen LogP contribution in [0.5, 0.6) is 0 Å². The van der Waals surface area contributed by atoms with E-state index in [0.29, 0.717) is 0 Å². The lowest BCUT2D eigenvalue weighted by Crippen LogP contribution is -2.45. The number of aromatic nitrogens is 2. The summed E-state index contributed by atoms with van der Waals surface area (Å²) in [5.41, 5.74) is -0.442. The molecule has 5 nitrogen and oxygen atoms in total. The van der Waals surface area contributed by atoms with Crippen LogP contribution in [0, 0.1) is 5.41 Å². The minimum Gasteiger partial charge on any atom is -0.266 e. The molecule has 0 saturated heterocycles. The van der Waals surface area contributed by atoms with Crippen molar-refractivity contribution in [1.82, 2.24) is 14.9 Å². The molecular formula is C11H21N3O2S. The lowest BCUT2D eigenvalue weighted by Gasteiger charge is -2.32. The van der Waals surface area contributed by atoms with Gasteiger partial charge in [-0.2, -0.15) is 5.10 Å². The Kier molecular flexibility index (Phi) is 3.69. The smallest absolute Gasteiger partial charge is 0.257 e. The van der Waals surface area contributed by atoms with Crippen LogP contribution < -0.4 is 4.72 Å². The predicted octanol–water partition coefficient (Wildman–Crippen LogP) is 1.90. The maximum Gasteiger partial charge on any atom is 0.257 e. The molecule has 0 aliphatic heterocycles. The SMILES string of the molecule is CC(C)(C)CC(C)(C)NS(=O)(=O)c1ccn[nH]1. The van der Waals surface area contributed by atoms with Crippen molar-refractivity contribution in [3.05, 3.63) is 12.3 Å². The number of sulfonamides is 1. The minimum absolute atomic E-state index is 0.0556. The number of nitrogens with zero attached hydrogens (tertiary/aromatic N) is 1. The lowest BCUT2D eigenvalue weighted by atomic mass is 9.82. The second-order valence-electron chi connectivity index (χ2n) is 6.15. The van der Waals surface area contributed by atoms with Gasteiger partial charge in [-0.15, -0.1) is 0 Å². The highest BCUT2D eigenvalue weighted by molar-refractivity contribution is 7.89. The first-order chi connectivity index (χ1) is 7.52. The normalized spacial score (nSPS) is 13.9. The largest absolute Gasteiger partial charge is 0.266 e. The first-order valence-electron chi connectivity index (χ1n) is 5.55. The summed E-state index contributed by atoms with van der Waals surface area (Å²) in [6.45, 7) is 10.0. The summed E-state index contributed by atoms with van der Waals surface area (Å²) in [6, 6.07) is 1.44.